The molecule has 0 aliphatic heterocycles. The first-order valence-corrected chi connectivity index (χ1v) is 10.6. The summed E-state index contributed by atoms with van der Waals surface area (Å²) in [6.45, 7) is 1.57. The number of pyridine rings is 1. The maximum atomic E-state index is 13.5. The second kappa shape index (κ2) is 13.7. The van der Waals surface area contributed by atoms with Crippen LogP contribution < -0.4 is 10.6 Å². The highest BCUT2D eigenvalue weighted by atomic mass is 19.4. The SMILES string of the molecule is CCOC(=O)CCNC(=O)N[C@@H](c1ccc(C(F)(F)F)cc1)c1ncccc1C(F)(F)F.O=C(O)C(F)(F)F. The Bertz CT molecular complexity index is 1120. The number of carboxylic acid groups (broad SMARTS) is 1. The van der Waals surface area contributed by atoms with Crippen molar-refractivity contribution in [2.75, 3.05) is 13.2 Å². The van der Waals surface area contributed by atoms with Gasteiger partial charge in [-0.25, -0.2) is 9.59 Å². The molecule has 2 rings (SSSR count). The molecule has 2 aromatic rings. The third-order valence-corrected chi connectivity index (χ3v) is 4.43. The Kier molecular flexibility index (Phi) is 11.5. The van der Waals surface area contributed by atoms with Gasteiger partial charge in [-0.3, -0.25) is 9.78 Å². The van der Waals surface area contributed by atoms with E-state index in [1.807, 2.05) is 0 Å². The van der Waals surface area contributed by atoms with Crippen molar-refractivity contribution in [2.24, 2.45) is 0 Å². The molecule has 0 radical (unpaired) electrons. The molecule has 1 heterocycles. The van der Waals surface area contributed by atoms with E-state index in [9.17, 15) is 49.1 Å². The normalized spacial score (nSPS) is 12.5. The first kappa shape index (κ1) is 33.0. The zero-order chi connectivity index (χ0) is 30.0. The van der Waals surface area contributed by atoms with Crippen LogP contribution >= 0.6 is 0 Å². The lowest BCUT2D eigenvalue weighted by atomic mass is 9.98. The van der Waals surface area contributed by atoms with Crippen molar-refractivity contribution in [3.05, 3.63) is 65.0 Å². The van der Waals surface area contributed by atoms with Crippen molar-refractivity contribution in [3.63, 3.8) is 0 Å². The number of carboxylic acids is 1. The largest absolute Gasteiger partial charge is 0.490 e. The van der Waals surface area contributed by atoms with Crippen LogP contribution in [0.3, 0.4) is 0 Å². The molecule has 216 valence electrons. The number of nitrogens with one attached hydrogen (secondary N) is 2. The number of rotatable bonds is 7. The van der Waals surface area contributed by atoms with Gasteiger partial charge in [0.1, 0.15) is 0 Å². The second-order valence-corrected chi connectivity index (χ2v) is 7.24. The molecule has 8 nitrogen and oxygen atoms in total. The molecule has 0 saturated carbocycles. The highest BCUT2D eigenvalue weighted by Crippen LogP contribution is 2.36. The van der Waals surface area contributed by atoms with E-state index in [0.29, 0.717) is 12.1 Å². The summed E-state index contributed by atoms with van der Waals surface area (Å²) in [5.74, 6) is -3.34. The lowest BCUT2D eigenvalue weighted by Crippen LogP contribution is -2.40. The maximum absolute atomic E-state index is 13.5. The number of benzene rings is 1. The van der Waals surface area contributed by atoms with Gasteiger partial charge in [-0.2, -0.15) is 39.5 Å². The molecule has 0 fully saturated rings. The molecule has 39 heavy (non-hydrogen) atoms. The fourth-order valence-electron chi connectivity index (χ4n) is 2.75. The van der Waals surface area contributed by atoms with Gasteiger partial charge in [0, 0.05) is 12.7 Å². The van der Waals surface area contributed by atoms with E-state index in [2.05, 4.69) is 15.6 Å². The molecule has 3 N–H and O–H groups in total. The Labute approximate surface area is 214 Å². The minimum absolute atomic E-state index is 0.0530. The van der Waals surface area contributed by atoms with E-state index in [4.69, 9.17) is 14.6 Å². The van der Waals surface area contributed by atoms with Crippen molar-refractivity contribution < 1.29 is 63.7 Å². The monoisotopic (exact) mass is 577 g/mol. The molecule has 0 unspecified atom stereocenters. The number of aliphatic carboxylic acids is 1. The smallest absolute Gasteiger partial charge is 0.475 e. The van der Waals surface area contributed by atoms with Gasteiger partial charge in [0.05, 0.1) is 35.9 Å². The molecule has 0 saturated heterocycles. The molecule has 1 aromatic carbocycles. The number of carbonyl (C=O) groups is 3. The standard InChI is InChI=1S/C20H19F6N3O3.C2HF3O2/c1-2-32-15(30)9-11-28-18(31)29-16(12-5-7-13(8-6-12)19(21,22)23)17-14(20(24,25)26)4-3-10-27-17;3-2(4,5)1(6)7/h3-8,10,16H,2,9,11H2,1H3,(H2,28,29,31);(H,6,7)/t16-;/m0./s1. The van der Waals surface area contributed by atoms with Gasteiger partial charge in [-0.05, 0) is 36.8 Å². The quantitative estimate of drug-likeness (QED) is 0.312. The first-order chi connectivity index (χ1) is 17.9. The number of carbonyl (C=O) groups excluding carboxylic acids is 2. The van der Waals surface area contributed by atoms with E-state index < -0.39 is 59.4 Å². The number of aromatic nitrogens is 1. The number of alkyl halides is 9. The predicted octanol–water partition coefficient (Wildman–Crippen LogP) is 5.09. The third-order valence-electron chi connectivity index (χ3n) is 4.43. The fraction of sp³-hybridized carbons (Fsp3) is 0.364. The van der Waals surface area contributed by atoms with E-state index in [-0.39, 0.29) is 25.1 Å². The molecule has 0 bridgehead atoms. The third kappa shape index (κ3) is 11.1. The van der Waals surface area contributed by atoms with Crippen molar-refractivity contribution in [1.29, 1.82) is 0 Å². The number of urea groups is 1. The molecule has 0 spiro atoms. The Morgan fingerprint density at radius 1 is 0.949 bits per heavy atom. The predicted molar refractivity (Wildman–Crippen MR) is 114 cm³/mol. The van der Waals surface area contributed by atoms with Crippen LogP contribution in [0.15, 0.2) is 42.6 Å². The lowest BCUT2D eigenvalue weighted by molar-refractivity contribution is -0.192. The van der Waals surface area contributed by atoms with Crippen LogP contribution in [0.25, 0.3) is 0 Å². The molecule has 0 aliphatic rings. The number of amides is 2. The topological polar surface area (TPSA) is 118 Å². The molecule has 0 aliphatic carbocycles. The Morgan fingerprint density at radius 3 is 1.97 bits per heavy atom. The van der Waals surface area contributed by atoms with Crippen molar-refractivity contribution in [2.45, 2.75) is 37.9 Å². The van der Waals surface area contributed by atoms with Crippen LogP contribution in [0.2, 0.25) is 0 Å². The Balaban J connectivity index is 0.000000956. The zero-order valence-electron chi connectivity index (χ0n) is 19.7. The lowest BCUT2D eigenvalue weighted by Gasteiger charge is -2.23. The molecule has 1 aromatic heterocycles. The van der Waals surface area contributed by atoms with Gasteiger partial charge >= 0.3 is 36.5 Å². The van der Waals surface area contributed by atoms with Crippen molar-refractivity contribution in [1.82, 2.24) is 15.6 Å². The van der Waals surface area contributed by atoms with Crippen LogP contribution in [0.4, 0.5) is 44.3 Å². The first-order valence-electron chi connectivity index (χ1n) is 10.6. The van der Waals surface area contributed by atoms with Crippen LogP contribution in [-0.2, 0) is 26.7 Å². The summed E-state index contributed by atoms with van der Waals surface area (Å²) >= 11 is 0. The minimum atomic E-state index is -5.08. The Hall–Kier alpha value is -4.05. The van der Waals surface area contributed by atoms with Crippen LogP contribution in [0.5, 0.6) is 0 Å². The van der Waals surface area contributed by atoms with E-state index in [0.717, 1.165) is 30.5 Å². The van der Waals surface area contributed by atoms with Crippen LogP contribution in [0, 0.1) is 0 Å². The summed E-state index contributed by atoms with van der Waals surface area (Å²) in [6, 6.07) is 2.64. The number of esters is 1. The average Bonchev–Trinajstić information content (AvgIpc) is 2.81. The molecule has 1 atom stereocenters. The highest BCUT2D eigenvalue weighted by Gasteiger charge is 2.38. The summed E-state index contributed by atoms with van der Waals surface area (Å²) in [6.07, 6.45) is -13.7. The van der Waals surface area contributed by atoms with Gasteiger partial charge in [-0.1, -0.05) is 12.1 Å². The van der Waals surface area contributed by atoms with Gasteiger partial charge in [0.25, 0.3) is 0 Å². The van der Waals surface area contributed by atoms with E-state index in [1.54, 1.807) is 6.92 Å². The van der Waals surface area contributed by atoms with Crippen LogP contribution in [-0.4, -0.2) is 47.4 Å². The van der Waals surface area contributed by atoms with Crippen molar-refractivity contribution in [3.8, 4) is 0 Å². The molecule has 2 amide bonds. The summed E-state index contributed by atoms with van der Waals surface area (Å²) in [4.78, 5) is 36.2. The highest BCUT2D eigenvalue weighted by molar-refractivity contribution is 5.76. The van der Waals surface area contributed by atoms with Gasteiger partial charge in [-0.15, -0.1) is 0 Å². The summed E-state index contributed by atoms with van der Waals surface area (Å²) in [7, 11) is 0. The number of hydrogen-bond donors (Lipinski definition) is 3. The van der Waals surface area contributed by atoms with E-state index >= 15 is 0 Å². The van der Waals surface area contributed by atoms with Crippen LogP contribution in [0.1, 0.15) is 41.8 Å². The summed E-state index contributed by atoms with van der Waals surface area (Å²) < 4.78 is 115. The molecule has 17 heteroatoms. The zero-order valence-corrected chi connectivity index (χ0v) is 19.7. The maximum Gasteiger partial charge on any atom is 0.490 e. The van der Waals surface area contributed by atoms with Gasteiger partial charge < -0.3 is 20.5 Å². The fourth-order valence-corrected chi connectivity index (χ4v) is 2.75. The van der Waals surface area contributed by atoms with E-state index in [1.165, 1.54) is 0 Å². The minimum Gasteiger partial charge on any atom is -0.475 e. The van der Waals surface area contributed by atoms with Crippen molar-refractivity contribution >= 4 is 18.0 Å². The number of nitrogens with zero attached hydrogens (tertiary/aromatic N) is 1. The Morgan fingerprint density at radius 2 is 1.51 bits per heavy atom. The molecular formula is C22H20F9N3O5. The average molecular weight is 577 g/mol. The van der Waals surface area contributed by atoms with Gasteiger partial charge in [0.2, 0.25) is 0 Å². The van der Waals surface area contributed by atoms with Gasteiger partial charge in [0.15, 0.2) is 0 Å². The molecular weight excluding hydrogens is 557 g/mol. The second-order valence-electron chi connectivity index (χ2n) is 7.24. The summed E-state index contributed by atoms with van der Waals surface area (Å²) in [5.41, 5.74) is -2.81. The number of ether oxygens (including phenoxy) is 1. The summed E-state index contributed by atoms with van der Waals surface area (Å²) in [5, 5.41) is 11.7. The number of halogens is 9. The number of hydrogen-bond acceptors (Lipinski definition) is 5.